The normalized spacial score (nSPS) is 26.2. The van der Waals surface area contributed by atoms with Gasteiger partial charge in [0.05, 0.1) is 11.6 Å². The third kappa shape index (κ3) is 5.20. The predicted octanol–water partition coefficient (Wildman–Crippen LogP) is 3.86. The van der Waals surface area contributed by atoms with Crippen LogP contribution in [-0.2, 0) is 12.8 Å². The molecule has 1 unspecified atom stereocenters. The van der Waals surface area contributed by atoms with Gasteiger partial charge in [-0.25, -0.2) is 0 Å². The Kier molecular flexibility index (Phi) is 6.55. The summed E-state index contributed by atoms with van der Waals surface area (Å²) in [6.45, 7) is 4.93. The summed E-state index contributed by atoms with van der Waals surface area (Å²) in [5.41, 5.74) is 2.48. The van der Waals surface area contributed by atoms with Crippen LogP contribution in [0.3, 0.4) is 0 Å². The fraction of sp³-hybridized carbons (Fsp3) is 0.800. The van der Waals surface area contributed by atoms with E-state index < -0.39 is 12.1 Å². The van der Waals surface area contributed by atoms with Crippen LogP contribution in [0.5, 0.6) is 0 Å². The van der Waals surface area contributed by atoms with Crippen molar-refractivity contribution in [3.05, 3.63) is 17.5 Å². The van der Waals surface area contributed by atoms with E-state index in [4.69, 9.17) is 5.10 Å². The highest BCUT2D eigenvalue weighted by Gasteiger charge is 2.41. The molecule has 3 rings (SSSR count). The molecule has 0 aromatic carbocycles. The maximum absolute atomic E-state index is 12.8. The minimum Gasteiger partial charge on any atom is -0.356 e. The van der Waals surface area contributed by atoms with Crippen LogP contribution in [0.4, 0.5) is 13.2 Å². The first kappa shape index (κ1) is 21.0. The zero-order valence-corrected chi connectivity index (χ0v) is 17.0. The van der Waals surface area contributed by atoms with E-state index in [1.54, 1.807) is 7.05 Å². The molecule has 8 heteroatoms. The first-order valence-electron chi connectivity index (χ1n) is 10.4. The minimum absolute atomic E-state index is 0.242. The van der Waals surface area contributed by atoms with Crippen LogP contribution in [0.2, 0.25) is 0 Å². The van der Waals surface area contributed by atoms with Crippen molar-refractivity contribution >= 4 is 5.96 Å². The van der Waals surface area contributed by atoms with Crippen LogP contribution >= 0.6 is 0 Å². The molecule has 28 heavy (non-hydrogen) atoms. The van der Waals surface area contributed by atoms with Gasteiger partial charge in [-0.3, -0.25) is 9.67 Å². The topological polar surface area (TPSA) is 54.2 Å². The number of aryl methyl sites for hydroxylation is 1. The van der Waals surface area contributed by atoms with Gasteiger partial charge < -0.3 is 10.6 Å². The zero-order chi connectivity index (χ0) is 20.3. The number of hydrogen-bond donors (Lipinski definition) is 2. The Morgan fingerprint density at radius 2 is 1.96 bits per heavy atom. The second-order valence-corrected chi connectivity index (χ2v) is 8.47. The Morgan fingerprint density at radius 1 is 1.25 bits per heavy atom. The van der Waals surface area contributed by atoms with E-state index in [0.29, 0.717) is 25.4 Å². The average molecular weight is 400 g/mol. The van der Waals surface area contributed by atoms with Crippen molar-refractivity contribution in [3.8, 4) is 0 Å². The molecule has 1 saturated carbocycles. The van der Waals surface area contributed by atoms with Gasteiger partial charge in [-0.05, 0) is 63.9 Å². The van der Waals surface area contributed by atoms with E-state index in [2.05, 4.69) is 35.7 Å². The summed E-state index contributed by atoms with van der Waals surface area (Å²) in [5.74, 6) is -0.116. The largest absolute Gasteiger partial charge is 0.391 e. The first-order valence-corrected chi connectivity index (χ1v) is 10.4. The molecule has 0 spiro atoms. The summed E-state index contributed by atoms with van der Waals surface area (Å²) in [5, 5.41) is 11.5. The van der Waals surface area contributed by atoms with Crippen LogP contribution in [0.25, 0.3) is 0 Å². The highest BCUT2D eigenvalue weighted by molar-refractivity contribution is 5.80. The summed E-state index contributed by atoms with van der Waals surface area (Å²) < 4.78 is 40.4. The van der Waals surface area contributed by atoms with Gasteiger partial charge in [0.2, 0.25) is 0 Å². The fourth-order valence-corrected chi connectivity index (χ4v) is 4.22. The summed E-state index contributed by atoms with van der Waals surface area (Å²) in [6, 6.07) is 0.633. The molecule has 0 radical (unpaired) electrons. The van der Waals surface area contributed by atoms with Gasteiger partial charge in [-0.15, -0.1) is 0 Å². The molecule has 1 fully saturated rings. The third-order valence-electron chi connectivity index (χ3n) is 6.06. The maximum atomic E-state index is 12.8. The van der Waals surface area contributed by atoms with Gasteiger partial charge in [0.1, 0.15) is 0 Å². The first-order chi connectivity index (χ1) is 13.3. The molecule has 1 aromatic heterocycles. The number of aliphatic imine (C=N–C) groups is 1. The molecule has 5 nitrogen and oxygen atoms in total. The van der Waals surface area contributed by atoms with Gasteiger partial charge >= 0.3 is 6.18 Å². The smallest absolute Gasteiger partial charge is 0.356 e. The lowest BCUT2D eigenvalue weighted by Crippen LogP contribution is -2.47. The summed E-state index contributed by atoms with van der Waals surface area (Å²) in [6.07, 6.45) is 2.72. The van der Waals surface area contributed by atoms with E-state index in [1.165, 1.54) is 5.56 Å². The number of guanidine groups is 1. The van der Waals surface area contributed by atoms with Gasteiger partial charge in [0.25, 0.3) is 0 Å². The Labute approximate surface area is 165 Å². The van der Waals surface area contributed by atoms with Crippen molar-refractivity contribution in [2.45, 2.75) is 77.1 Å². The molecule has 0 aliphatic heterocycles. The van der Waals surface area contributed by atoms with Crippen molar-refractivity contribution < 1.29 is 13.2 Å². The van der Waals surface area contributed by atoms with E-state index in [0.717, 1.165) is 30.9 Å². The average Bonchev–Trinajstić information content (AvgIpc) is 3.08. The van der Waals surface area contributed by atoms with E-state index >= 15 is 0 Å². The lowest BCUT2D eigenvalue weighted by atomic mass is 9.81. The van der Waals surface area contributed by atoms with Gasteiger partial charge in [0, 0.05) is 38.3 Å². The highest BCUT2D eigenvalue weighted by atomic mass is 19.4. The molecule has 1 heterocycles. The summed E-state index contributed by atoms with van der Waals surface area (Å²) >= 11 is 0. The summed E-state index contributed by atoms with van der Waals surface area (Å²) in [7, 11) is 1.73. The molecule has 1 atom stereocenters. The molecule has 0 amide bonds. The molecular formula is C20H32F3N5. The number of hydrogen-bond acceptors (Lipinski definition) is 2. The second kappa shape index (κ2) is 8.74. The second-order valence-electron chi connectivity index (χ2n) is 8.47. The Balaban J connectivity index is 1.45. The van der Waals surface area contributed by atoms with E-state index in [-0.39, 0.29) is 24.8 Å². The molecule has 2 aliphatic rings. The molecular weight excluding hydrogens is 367 g/mol. The zero-order valence-electron chi connectivity index (χ0n) is 17.0. The molecule has 0 saturated heterocycles. The number of nitrogens with zero attached hydrogens (tertiary/aromatic N) is 3. The van der Waals surface area contributed by atoms with Crippen molar-refractivity contribution in [1.29, 1.82) is 0 Å². The van der Waals surface area contributed by atoms with Crippen LogP contribution in [0.1, 0.15) is 63.3 Å². The Morgan fingerprint density at radius 3 is 2.57 bits per heavy atom. The lowest BCUT2D eigenvalue weighted by molar-refractivity contribution is -0.183. The van der Waals surface area contributed by atoms with Crippen LogP contribution in [0.15, 0.2) is 11.2 Å². The highest BCUT2D eigenvalue weighted by Crippen LogP contribution is 2.39. The number of rotatable bonds is 4. The molecule has 1 aromatic rings. The van der Waals surface area contributed by atoms with Crippen molar-refractivity contribution in [2.75, 3.05) is 13.6 Å². The van der Waals surface area contributed by atoms with E-state index in [9.17, 15) is 13.2 Å². The standard InChI is InChI=1S/C20H32F3N5/c1-13(2)28-12-15-6-9-17(10-18(15)27-28)26-19(24-3)25-11-14-4-7-16(8-5-14)20(21,22)23/h12-14,16-17H,4-11H2,1-3H3,(H2,24,25,26). The van der Waals surface area contributed by atoms with Gasteiger partial charge in [-0.2, -0.15) is 18.3 Å². The monoisotopic (exact) mass is 399 g/mol. The van der Waals surface area contributed by atoms with Crippen LogP contribution in [0, 0.1) is 11.8 Å². The predicted molar refractivity (Wildman–Crippen MR) is 104 cm³/mol. The van der Waals surface area contributed by atoms with Crippen LogP contribution < -0.4 is 10.6 Å². The maximum Gasteiger partial charge on any atom is 0.391 e. The molecule has 158 valence electrons. The van der Waals surface area contributed by atoms with Crippen molar-refractivity contribution in [3.63, 3.8) is 0 Å². The van der Waals surface area contributed by atoms with Crippen molar-refractivity contribution in [1.82, 2.24) is 20.4 Å². The number of halogens is 3. The summed E-state index contributed by atoms with van der Waals surface area (Å²) in [4.78, 5) is 4.30. The van der Waals surface area contributed by atoms with Gasteiger partial charge in [-0.1, -0.05) is 0 Å². The molecule has 2 N–H and O–H groups in total. The number of alkyl halides is 3. The number of aromatic nitrogens is 2. The fourth-order valence-electron chi connectivity index (χ4n) is 4.22. The lowest BCUT2D eigenvalue weighted by Gasteiger charge is -2.31. The molecule has 2 aliphatic carbocycles. The third-order valence-corrected chi connectivity index (χ3v) is 6.06. The quantitative estimate of drug-likeness (QED) is 0.597. The Bertz CT molecular complexity index is 672. The molecule has 0 bridgehead atoms. The van der Waals surface area contributed by atoms with Gasteiger partial charge in [0.15, 0.2) is 5.96 Å². The SMILES string of the molecule is CN=C(NCC1CCC(C(F)(F)F)CC1)NC1CCc2cn(C(C)C)nc2C1. The minimum atomic E-state index is -4.04. The van der Waals surface area contributed by atoms with E-state index in [1.807, 2.05) is 4.68 Å². The number of fused-ring (bicyclic) bond motifs is 1. The van der Waals surface area contributed by atoms with Crippen LogP contribution in [-0.4, -0.2) is 41.6 Å². The number of nitrogens with one attached hydrogen (secondary N) is 2. The van der Waals surface area contributed by atoms with Crippen molar-refractivity contribution in [2.24, 2.45) is 16.8 Å². The Hall–Kier alpha value is -1.73.